The van der Waals surface area contributed by atoms with Gasteiger partial charge in [0.25, 0.3) is 5.56 Å². The topological polar surface area (TPSA) is 89.4 Å². The van der Waals surface area contributed by atoms with Gasteiger partial charge >= 0.3 is 0 Å². The molecule has 9 rings (SSSR count). The van der Waals surface area contributed by atoms with Gasteiger partial charge in [0, 0.05) is 28.4 Å². The third kappa shape index (κ3) is 6.23. The summed E-state index contributed by atoms with van der Waals surface area (Å²) in [5.41, 5.74) is 11.4. The van der Waals surface area contributed by atoms with Crippen LogP contribution in [0.5, 0.6) is 0 Å². The molecular formula is C50H40N6O. The number of aromatic amines is 1. The number of aromatic nitrogens is 6. The number of hydrogen-bond donors (Lipinski definition) is 1. The lowest BCUT2D eigenvalue weighted by molar-refractivity contribution is 0.739. The smallest absolute Gasteiger partial charge is 0.251 e. The molecule has 3 aromatic heterocycles. The highest BCUT2D eigenvalue weighted by molar-refractivity contribution is 5.96. The Labute approximate surface area is 331 Å². The summed E-state index contributed by atoms with van der Waals surface area (Å²) in [6.07, 6.45) is 0.734. The average molecular weight is 741 g/mol. The van der Waals surface area contributed by atoms with E-state index in [2.05, 4.69) is 156 Å². The first kappa shape index (κ1) is 35.5. The molecule has 57 heavy (non-hydrogen) atoms. The molecule has 0 aliphatic carbocycles. The molecule has 0 spiro atoms. The predicted octanol–water partition coefficient (Wildman–Crippen LogP) is 10.2. The second kappa shape index (κ2) is 15.1. The molecule has 0 aliphatic rings. The summed E-state index contributed by atoms with van der Waals surface area (Å²) in [5, 5.41) is 17.3. The molecule has 0 atom stereocenters. The van der Waals surface area contributed by atoms with Gasteiger partial charge in [0.2, 0.25) is 5.82 Å². The standard InChI is InChI=1S/C50H40N6O/c1-3-41-31-44-46(34(2)51-41)43(36-21-11-5-12-22-36)32-45(57)56(44)33-37-29-30-42(35-19-9-4-10-20-35)48(47(37)49-52-54-55-53-49)50(38-23-13-6-14-24-38,39-25-15-7-16-26-39)40-27-17-8-18-28-40/h4-32H,3,33H2,1-2H3,(H,52,53,54,55). The van der Waals surface area contributed by atoms with Crippen LogP contribution in [0.2, 0.25) is 0 Å². The minimum atomic E-state index is -0.874. The lowest BCUT2D eigenvalue weighted by Gasteiger charge is -2.40. The van der Waals surface area contributed by atoms with Gasteiger partial charge < -0.3 is 4.57 Å². The maximum Gasteiger partial charge on any atom is 0.251 e. The van der Waals surface area contributed by atoms with Crippen molar-refractivity contribution in [3.05, 3.63) is 225 Å². The van der Waals surface area contributed by atoms with Crippen molar-refractivity contribution in [2.75, 3.05) is 0 Å². The van der Waals surface area contributed by atoms with Gasteiger partial charge in [-0.3, -0.25) is 9.78 Å². The molecule has 1 N–H and O–H groups in total. The minimum absolute atomic E-state index is 0.109. The molecule has 0 saturated heterocycles. The largest absolute Gasteiger partial charge is 0.304 e. The molecule has 0 radical (unpaired) electrons. The number of H-pyrrole nitrogens is 1. The first-order valence-corrected chi connectivity index (χ1v) is 19.3. The third-order valence-corrected chi connectivity index (χ3v) is 11.0. The van der Waals surface area contributed by atoms with Crippen molar-refractivity contribution in [2.24, 2.45) is 0 Å². The van der Waals surface area contributed by atoms with Gasteiger partial charge in [0.15, 0.2) is 0 Å². The van der Waals surface area contributed by atoms with Crippen molar-refractivity contribution in [1.29, 1.82) is 0 Å². The van der Waals surface area contributed by atoms with E-state index in [-0.39, 0.29) is 12.1 Å². The molecule has 0 aliphatic heterocycles. The number of nitrogens with zero attached hydrogens (tertiary/aromatic N) is 5. The average Bonchev–Trinajstić information content (AvgIpc) is 3.81. The summed E-state index contributed by atoms with van der Waals surface area (Å²) >= 11 is 0. The van der Waals surface area contributed by atoms with E-state index in [1.165, 1.54) is 0 Å². The van der Waals surface area contributed by atoms with Crippen LogP contribution in [0.4, 0.5) is 0 Å². The van der Waals surface area contributed by atoms with Crippen molar-refractivity contribution in [3.63, 3.8) is 0 Å². The Morgan fingerprint density at radius 1 is 0.632 bits per heavy atom. The first-order valence-electron chi connectivity index (χ1n) is 19.3. The molecule has 9 aromatic rings. The molecule has 0 unspecified atom stereocenters. The summed E-state index contributed by atoms with van der Waals surface area (Å²) < 4.78 is 1.88. The van der Waals surface area contributed by atoms with E-state index in [1.807, 2.05) is 47.9 Å². The van der Waals surface area contributed by atoms with E-state index in [0.29, 0.717) is 5.82 Å². The zero-order chi connectivity index (χ0) is 38.8. The van der Waals surface area contributed by atoms with Crippen LogP contribution in [0.1, 0.15) is 46.1 Å². The first-order chi connectivity index (χ1) is 28.1. The van der Waals surface area contributed by atoms with Crippen LogP contribution in [-0.4, -0.2) is 30.2 Å². The Hall–Kier alpha value is -7.25. The quantitative estimate of drug-likeness (QED) is 0.141. The second-order valence-electron chi connectivity index (χ2n) is 14.3. The van der Waals surface area contributed by atoms with Crippen LogP contribution in [0.25, 0.3) is 44.5 Å². The second-order valence-corrected chi connectivity index (χ2v) is 14.3. The number of benzene rings is 6. The highest BCUT2D eigenvalue weighted by atomic mass is 16.1. The van der Waals surface area contributed by atoms with Gasteiger partial charge in [-0.1, -0.05) is 171 Å². The summed E-state index contributed by atoms with van der Waals surface area (Å²) in [7, 11) is 0. The van der Waals surface area contributed by atoms with Crippen LogP contribution in [-0.2, 0) is 18.4 Å². The number of fused-ring (bicyclic) bond motifs is 1. The van der Waals surface area contributed by atoms with Crippen molar-refractivity contribution >= 4 is 10.9 Å². The van der Waals surface area contributed by atoms with Crippen molar-refractivity contribution in [1.82, 2.24) is 30.2 Å². The number of hydrogen-bond acceptors (Lipinski definition) is 5. The molecule has 7 nitrogen and oxygen atoms in total. The van der Waals surface area contributed by atoms with Crippen LogP contribution in [0, 0.1) is 6.92 Å². The maximum atomic E-state index is 14.7. The number of nitrogens with one attached hydrogen (secondary N) is 1. The highest BCUT2D eigenvalue weighted by Crippen LogP contribution is 2.52. The fraction of sp³-hybridized carbons (Fsp3) is 0.100. The van der Waals surface area contributed by atoms with E-state index in [0.717, 1.165) is 84.3 Å². The molecule has 0 bridgehead atoms. The van der Waals surface area contributed by atoms with Crippen LogP contribution < -0.4 is 5.56 Å². The van der Waals surface area contributed by atoms with Gasteiger partial charge in [-0.2, -0.15) is 5.21 Å². The highest BCUT2D eigenvalue weighted by Gasteiger charge is 2.43. The number of aryl methyl sites for hydroxylation is 2. The molecule has 3 heterocycles. The third-order valence-electron chi connectivity index (χ3n) is 11.0. The predicted molar refractivity (Wildman–Crippen MR) is 228 cm³/mol. The van der Waals surface area contributed by atoms with Crippen molar-refractivity contribution in [2.45, 2.75) is 32.2 Å². The molecule has 0 saturated carbocycles. The SMILES string of the molecule is CCc1cc2c(c(-c3ccccc3)cc(=O)n2Cc2ccc(-c3ccccc3)c(C(c3ccccc3)(c3ccccc3)c3ccccc3)c2-c2nn[nH]n2)c(C)n1. The minimum Gasteiger partial charge on any atom is -0.304 e. The van der Waals surface area contributed by atoms with Crippen molar-refractivity contribution < 1.29 is 0 Å². The van der Waals surface area contributed by atoms with Gasteiger partial charge in [-0.05, 0) is 74.7 Å². The zero-order valence-electron chi connectivity index (χ0n) is 31.8. The van der Waals surface area contributed by atoms with E-state index in [9.17, 15) is 4.79 Å². The molecule has 6 aromatic carbocycles. The number of tetrazole rings is 1. The Balaban J connectivity index is 1.43. The van der Waals surface area contributed by atoms with E-state index in [1.54, 1.807) is 6.07 Å². The Morgan fingerprint density at radius 3 is 1.67 bits per heavy atom. The summed E-state index contributed by atoms with van der Waals surface area (Å²) in [6, 6.07) is 60.6. The maximum absolute atomic E-state index is 14.7. The summed E-state index contributed by atoms with van der Waals surface area (Å²) in [6.45, 7) is 4.38. The lowest BCUT2D eigenvalue weighted by Crippen LogP contribution is -2.33. The van der Waals surface area contributed by atoms with E-state index < -0.39 is 5.41 Å². The molecule has 7 heteroatoms. The Kier molecular flexibility index (Phi) is 9.40. The van der Waals surface area contributed by atoms with Crippen molar-refractivity contribution in [3.8, 4) is 33.6 Å². The molecule has 276 valence electrons. The number of rotatable bonds is 10. The van der Waals surface area contributed by atoms with Gasteiger partial charge in [-0.25, -0.2) is 0 Å². The summed E-state index contributed by atoms with van der Waals surface area (Å²) in [5.74, 6) is 0.440. The Bertz CT molecular complexity index is 2760. The van der Waals surface area contributed by atoms with E-state index in [4.69, 9.17) is 10.1 Å². The number of pyridine rings is 2. The lowest BCUT2D eigenvalue weighted by atomic mass is 9.61. The van der Waals surface area contributed by atoms with Crippen LogP contribution in [0.3, 0.4) is 0 Å². The monoisotopic (exact) mass is 740 g/mol. The normalized spacial score (nSPS) is 11.5. The fourth-order valence-electron chi connectivity index (χ4n) is 8.56. The molecule has 0 fully saturated rings. The van der Waals surface area contributed by atoms with E-state index >= 15 is 0 Å². The van der Waals surface area contributed by atoms with Gasteiger partial charge in [0.05, 0.1) is 17.5 Å². The zero-order valence-corrected chi connectivity index (χ0v) is 31.8. The van der Waals surface area contributed by atoms with Gasteiger partial charge in [-0.15, -0.1) is 10.2 Å². The van der Waals surface area contributed by atoms with Gasteiger partial charge in [0.1, 0.15) is 0 Å². The fourth-order valence-corrected chi connectivity index (χ4v) is 8.56. The van der Waals surface area contributed by atoms with Crippen LogP contribution >= 0.6 is 0 Å². The molecular weight excluding hydrogens is 701 g/mol. The summed E-state index contributed by atoms with van der Waals surface area (Å²) in [4.78, 5) is 19.7. The Morgan fingerprint density at radius 2 is 1.16 bits per heavy atom. The molecule has 0 amide bonds. The van der Waals surface area contributed by atoms with Crippen LogP contribution in [0.15, 0.2) is 181 Å².